The molecule has 0 fully saturated rings. The normalized spacial score (nSPS) is 11.9. The number of aryl methyl sites for hydroxylation is 1. The lowest BCUT2D eigenvalue weighted by Gasteiger charge is -2.12. The van der Waals surface area contributed by atoms with Gasteiger partial charge in [0.1, 0.15) is 5.69 Å². The highest BCUT2D eigenvalue weighted by Crippen LogP contribution is 2.33. The maximum absolute atomic E-state index is 4.81. The standard InChI is InChI=1S/C17H23N3/c1-5-6-9-12(2)19-16-13(3)14-10-7-8-11-15(14)20-17(16)18-4/h7-8,10-11H,5-6,9H2,1-4H3,(H,18,20). The third kappa shape index (κ3) is 2.98. The SMILES string of the molecule is CCCCC(C)=Nc1c(NC)nc2ccccc2c1C. The molecule has 0 radical (unpaired) electrons. The summed E-state index contributed by atoms with van der Waals surface area (Å²) >= 11 is 0. The zero-order valence-electron chi connectivity index (χ0n) is 12.8. The Labute approximate surface area is 121 Å². The molecule has 0 spiro atoms. The van der Waals surface area contributed by atoms with Crippen molar-refractivity contribution in [2.45, 2.75) is 40.0 Å². The van der Waals surface area contributed by atoms with Gasteiger partial charge in [0.25, 0.3) is 0 Å². The smallest absolute Gasteiger partial charge is 0.152 e. The van der Waals surface area contributed by atoms with Gasteiger partial charge in [-0.25, -0.2) is 4.98 Å². The van der Waals surface area contributed by atoms with Crippen LogP contribution in [0.2, 0.25) is 0 Å². The maximum atomic E-state index is 4.81. The van der Waals surface area contributed by atoms with Gasteiger partial charge in [0.15, 0.2) is 5.82 Å². The number of rotatable bonds is 5. The van der Waals surface area contributed by atoms with Crippen LogP contribution in [-0.4, -0.2) is 17.7 Å². The Morgan fingerprint density at radius 3 is 2.75 bits per heavy atom. The van der Waals surface area contributed by atoms with E-state index in [-0.39, 0.29) is 0 Å². The van der Waals surface area contributed by atoms with Crippen molar-refractivity contribution in [1.29, 1.82) is 0 Å². The average Bonchev–Trinajstić information content (AvgIpc) is 2.47. The zero-order chi connectivity index (χ0) is 14.5. The second-order valence-electron chi connectivity index (χ2n) is 5.15. The van der Waals surface area contributed by atoms with Crippen molar-refractivity contribution in [3.63, 3.8) is 0 Å². The second-order valence-corrected chi connectivity index (χ2v) is 5.15. The number of nitrogens with one attached hydrogen (secondary N) is 1. The molecule has 0 bridgehead atoms. The quantitative estimate of drug-likeness (QED) is 0.786. The van der Waals surface area contributed by atoms with E-state index in [9.17, 15) is 0 Å². The fourth-order valence-corrected chi connectivity index (χ4v) is 2.36. The van der Waals surface area contributed by atoms with E-state index in [0.717, 1.165) is 23.4 Å². The van der Waals surface area contributed by atoms with Crippen molar-refractivity contribution in [2.24, 2.45) is 4.99 Å². The third-order valence-electron chi connectivity index (χ3n) is 3.55. The molecule has 1 heterocycles. The number of hydrogen-bond acceptors (Lipinski definition) is 3. The predicted molar refractivity (Wildman–Crippen MR) is 88.3 cm³/mol. The van der Waals surface area contributed by atoms with E-state index < -0.39 is 0 Å². The Morgan fingerprint density at radius 1 is 1.30 bits per heavy atom. The number of pyridine rings is 1. The fourth-order valence-electron chi connectivity index (χ4n) is 2.36. The van der Waals surface area contributed by atoms with E-state index >= 15 is 0 Å². The van der Waals surface area contributed by atoms with Crippen LogP contribution in [0.3, 0.4) is 0 Å². The van der Waals surface area contributed by atoms with Crippen LogP contribution >= 0.6 is 0 Å². The maximum Gasteiger partial charge on any atom is 0.152 e. The van der Waals surface area contributed by atoms with Crippen LogP contribution in [0.25, 0.3) is 10.9 Å². The molecule has 106 valence electrons. The number of nitrogens with zero attached hydrogens (tertiary/aromatic N) is 2. The van der Waals surface area contributed by atoms with Gasteiger partial charge in [0, 0.05) is 18.1 Å². The summed E-state index contributed by atoms with van der Waals surface area (Å²) in [7, 11) is 1.90. The molecular weight excluding hydrogens is 246 g/mol. The summed E-state index contributed by atoms with van der Waals surface area (Å²) in [5, 5.41) is 4.35. The van der Waals surface area contributed by atoms with E-state index in [1.807, 2.05) is 25.2 Å². The van der Waals surface area contributed by atoms with Crippen molar-refractivity contribution < 1.29 is 0 Å². The molecule has 2 aromatic rings. The van der Waals surface area contributed by atoms with Gasteiger partial charge < -0.3 is 5.32 Å². The highest BCUT2D eigenvalue weighted by atomic mass is 15.0. The third-order valence-corrected chi connectivity index (χ3v) is 3.55. The number of hydrogen-bond donors (Lipinski definition) is 1. The summed E-state index contributed by atoms with van der Waals surface area (Å²) in [4.78, 5) is 9.48. The molecule has 0 atom stereocenters. The molecule has 0 saturated carbocycles. The topological polar surface area (TPSA) is 37.3 Å². The number of para-hydroxylation sites is 1. The molecule has 1 N–H and O–H groups in total. The molecule has 2 rings (SSSR count). The van der Waals surface area contributed by atoms with E-state index in [1.165, 1.54) is 29.5 Å². The monoisotopic (exact) mass is 269 g/mol. The largest absolute Gasteiger partial charge is 0.371 e. The molecule has 0 aliphatic rings. The predicted octanol–water partition coefficient (Wildman–Crippen LogP) is 4.87. The van der Waals surface area contributed by atoms with Crippen molar-refractivity contribution in [3.05, 3.63) is 29.8 Å². The molecule has 0 amide bonds. The first-order valence-corrected chi connectivity index (χ1v) is 7.28. The Kier molecular flexibility index (Phi) is 4.72. The zero-order valence-corrected chi connectivity index (χ0v) is 12.8. The van der Waals surface area contributed by atoms with Crippen molar-refractivity contribution in [1.82, 2.24) is 4.98 Å². The van der Waals surface area contributed by atoms with Crippen LogP contribution < -0.4 is 5.32 Å². The lowest BCUT2D eigenvalue weighted by molar-refractivity contribution is 0.833. The van der Waals surface area contributed by atoms with Crippen molar-refractivity contribution in [3.8, 4) is 0 Å². The van der Waals surface area contributed by atoms with Gasteiger partial charge in [-0.15, -0.1) is 0 Å². The summed E-state index contributed by atoms with van der Waals surface area (Å²) in [6.45, 7) is 6.43. The minimum Gasteiger partial charge on any atom is -0.371 e. The Bertz CT molecular complexity index is 629. The number of unbranched alkanes of at least 4 members (excludes halogenated alkanes) is 1. The highest BCUT2D eigenvalue weighted by Gasteiger charge is 2.10. The molecule has 0 saturated heterocycles. The van der Waals surface area contributed by atoms with Gasteiger partial charge in [-0.2, -0.15) is 0 Å². The molecule has 3 nitrogen and oxygen atoms in total. The molecule has 1 aromatic heterocycles. The van der Waals surface area contributed by atoms with Gasteiger partial charge in [0.05, 0.1) is 5.52 Å². The highest BCUT2D eigenvalue weighted by molar-refractivity contribution is 5.93. The van der Waals surface area contributed by atoms with Crippen LogP contribution in [-0.2, 0) is 0 Å². The van der Waals surface area contributed by atoms with Gasteiger partial charge >= 0.3 is 0 Å². The lowest BCUT2D eigenvalue weighted by atomic mass is 10.1. The molecule has 0 aliphatic carbocycles. The average molecular weight is 269 g/mol. The van der Waals surface area contributed by atoms with Gasteiger partial charge in [0.2, 0.25) is 0 Å². The summed E-state index contributed by atoms with van der Waals surface area (Å²) in [6.07, 6.45) is 3.43. The number of fused-ring (bicyclic) bond motifs is 1. The van der Waals surface area contributed by atoms with E-state index in [0.29, 0.717) is 0 Å². The molecule has 0 unspecified atom stereocenters. The van der Waals surface area contributed by atoms with Gasteiger partial charge in [-0.3, -0.25) is 4.99 Å². The van der Waals surface area contributed by atoms with Crippen LogP contribution in [0.4, 0.5) is 11.5 Å². The summed E-state index contributed by atoms with van der Waals surface area (Å²) in [6, 6.07) is 8.22. The first-order chi connectivity index (χ1) is 9.67. The van der Waals surface area contributed by atoms with Crippen molar-refractivity contribution >= 4 is 28.1 Å². The lowest BCUT2D eigenvalue weighted by Crippen LogP contribution is -1.98. The van der Waals surface area contributed by atoms with Crippen LogP contribution in [0.15, 0.2) is 29.3 Å². The van der Waals surface area contributed by atoms with Crippen LogP contribution in [0, 0.1) is 6.92 Å². The minimum absolute atomic E-state index is 0.858. The van der Waals surface area contributed by atoms with Gasteiger partial charge in [-0.1, -0.05) is 31.5 Å². The Balaban J connectivity index is 2.53. The number of anilines is 1. The summed E-state index contributed by atoms with van der Waals surface area (Å²) in [5.41, 5.74) is 4.35. The number of benzene rings is 1. The molecular formula is C17H23N3. The second kappa shape index (κ2) is 6.51. The Morgan fingerprint density at radius 2 is 2.05 bits per heavy atom. The Hall–Kier alpha value is -1.90. The fraction of sp³-hybridized carbons (Fsp3) is 0.412. The van der Waals surface area contributed by atoms with E-state index in [1.54, 1.807) is 0 Å². The van der Waals surface area contributed by atoms with Crippen LogP contribution in [0.1, 0.15) is 38.7 Å². The van der Waals surface area contributed by atoms with E-state index in [4.69, 9.17) is 4.99 Å². The molecule has 3 heteroatoms. The number of aliphatic imine (C=N–C) groups is 1. The van der Waals surface area contributed by atoms with E-state index in [2.05, 4.69) is 37.1 Å². The number of aromatic nitrogens is 1. The molecule has 1 aromatic carbocycles. The minimum atomic E-state index is 0.858. The van der Waals surface area contributed by atoms with Crippen molar-refractivity contribution in [2.75, 3.05) is 12.4 Å². The van der Waals surface area contributed by atoms with Crippen LogP contribution in [0.5, 0.6) is 0 Å². The summed E-state index contributed by atoms with van der Waals surface area (Å²) in [5.74, 6) is 0.858. The first-order valence-electron chi connectivity index (χ1n) is 7.28. The summed E-state index contributed by atoms with van der Waals surface area (Å²) < 4.78 is 0. The van der Waals surface area contributed by atoms with Gasteiger partial charge in [-0.05, 0) is 38.3 Å². The first kappa shape index (κ1) is 14.5. The molecule has 0 aliphatic heterocycles. The molecule has 20 heavy (non-hydrogen) atoms.